The first-order valence-corrected chi connectivity index (χ1v) is 9.44. The lowest BCUT2D eigenvalue weighted by molar-refractivity contribution is -0.136. The number of rotatable bonds is 7. The number of aromatic nitrogens is 2. The van der Waals surface area contributed by atoms with Crippen molar-refractivity contribution in [3.63, 3.8) is 0 Å². The van der Waals surface area contributed by atoms with E-state index in [0.717, 1.165) is 12.2 Å². The van der Waals surface area contributed by atoms with Crippen molar-refractivity contribution < 1.29 is 18.7 Å². The molecule has 8 heteroatoms. The Morgan fingerprint density at radius 2 is 2.07 bits per heavy atom. The maximum absolute atomic E-state index is 13.1. The van der Waals surface area contributed by atoms with Gasteiger partial charge in [0.2, 0.25) is 11.8 Å². The van der Waals surface area contributed by atoms with Crippen LogP contribution in [0.5, 0.6) is 5.75 Å². The van der Waals surface area contributed by atoms with Crippen molar-refractivity contribution in [1.82, 2.24) is 14.5 Å². The number of hydrogen-bond acceptors (Lipinski definition) is 4. The van der Waals surface area contributed by atoms with Gasteiger partial charge in [-0.1, -0.05) is 6.92 Å². The average molecular weight is 388 g/mol. The second kappa shape index (κ2) is 8.86. The summed E-state index contributed by atoms with van der Waals surface area (Å²) in [6.45, 7) is 3.13. The number of primary amides is 1. The number of imidazole rings is 1. The van der Waals surface area contributed by atoms with Crippen molar-refractivity contribution >= 4 is 11.8 Å². The predicted octanol–water partition coefficient (Wildman–Crippen LogP) is 1.76. The van der Waals surface area contributed by atoms with Crippen LogP contribution in [-0.4, -0.2) is 45.5 Å². The van der Waals surface area contributed by atoms with E-state index in [4.69, 9.17) is 10.5 Å². The zero-order chi connectivity index (χ0) is 20.1. The van der Waals surface area contributed by atoms with E-state index in [1.807, 2.05) is 11.5 Å². The van der Waals surface area contributed by atoms with Gasteiger partial charge >= 0.3 is 0 Å². The number of halogens is 1. The topological polar surface area (TPSA) is 90.4 Å². The molecule has 0 aliphatic carbocycles. The van der Waals surface area contributed by atoms with Crippen LogP contribution < -0.4 is 10.5 Å². The molecular weight excluding hydrogens is 363 g/mol. The summed E-state index contributed by atoms with van der Waals surface area (Å²) in [5.41, 5.74) is 5.41. The van der Waals surface area contributed by atoms with E-state index in [1.165, 1.54) is 12.1 Å². The van der Waals surface area contributed by atoms with Gasteiger partial charge in [-0.05, 0) is 24.3 Å². The van der Waals surface area contributed by atoms with Crippen LogP contribution in [0.3, 0.4) is 0 Å². The molecule has 3 rings (SSSR count). The van der Waals surface area contributed by atoms with Crippen LogP contribution in [0.15, 0.2) is 36.7 Å². The molecule has 1 fully saturated rings. The molecule has 0 unspecified atom stereocenters. The zero-order valence-corrected chi connectivity index (χ0v) is 15.9. The van der Waals surface area contributed by atoms with Crippen LogP contribution in [-0.2, 0) is 22.6 Å². The molecule has 0 radical (unpaired) electrons. The van der Waals surface area contributed by atoms with Crippen molar-refractivity contribution in [2.24, 2.45) is 11.7 Å². The largest absolute Gasteiger partial charge is 0.490 e. The Kier molecular flexibility index (Phi) is 6.28. The SMILES string of the molecule is CCc1nccn1CC(=O)N1CC[C@H](Oc2ccc(F)cc2)[C@@H](CC(N)=O)C1. The summed E-state index contributed by atoms with van der Waals surface area (Å²) in [5.74, 6) is 0.376. The van der Waals surface area contributed by atoms with Gasteiger partial charge in [-0.25, -0.2) is 9.37 Å². The van der Waals surface area contributed by atoms with Crippen LogP contribution in [0.1, 0.15) is 25.6 Å². The van der Waals surface area contributed by atoms with Crippen LogP contribution in [0.25, 0.3) is 0 Å². The summed E-state index contributed by atoms with van der Waals surface area (Å²) in [6, 6.07) is 5.76. The fourth-order valence-electron chi connectivity index (χ4n) is 3.58. The number of carbonyl (C=O) groups excluding carboxylic acids is 2. The molecule has 0 bridgehead atoms. The molecule has 2 N–H and O–H groups in total. The van der Waals surface area contributed by atoms with Gasteiger partial charge in [-0.3, -0.25) is 9.59 Å². The lowest BCUT2D eigenvalue weighted by atomic mass is 9.91. The lowest BCUT2D eigenvalue weighted by Crippen LogP contribution is -2.49. The van der Waals surface area contributed by atoms with E-state index in [1.54, 1.807) is 29.4 Å². The molecule has 1 aliphatic rings. The second-order valence-electron chi connectivity index (χ2n) is 6.99. The van der Waals surface area contributed by atoms with Gasteiger partial charge in [0.15, 0.2) is 0 Å². The van der Waals surface area contributed by atoms with E-state index < -0.39 is 5.91 Å². The monoisotopic (exact) mass is 388 g/mol. The Morgan fingerprint density at radius 1 is 1.32 bits per heavy atom. The first-order valence-electron chi connectivity index (χ1n) is 9.44. The lowest BCUT2D eigenvalue weighted by Gasteiger charge is -2.38. The number of amides is 2. The van der Waals surface area contributed by atoms with Crippen molar-refractivity contribution in [3.05, 3.63) is 48.3 Å². The highest BCUT2D eigenvalue weighted by Gasteiger charge is 2.34. The predicted molar refractivity (Wildman–Crippen MR) is 101 cm³/mol. The third-order valence-corrected chi connectivity index (χ3v) is 5.00. The Labute approximate surface area is 163 Å². The van der Waals surface area contributed by atoms with Gasteiger partial charge in [0.25, 0.3) is 0 Å². The number of benzene rings is 1. The molecule has 1 aliphatic heterocycles. The Morgan fingerprint density at radius 3 is 2.75 bits per heavy atom. The number of likely N-dealkylation sites (tertiary alicyclic amines) is 1. The van der Waals surface area contributed by atoms with E-state index in [-0.39, 0.29) is 36.7 Å². The van der Waals surface area contributed by atoms with Gasteiger partial charge in [0.1, 0.15) is 30.0 Å². The Balaban J connectivity index is 1.66. The number of nitrogens with zero attached hydrogens (tertiary/aromatic N) is 3. The molecule has 1 aromatic heterocycles. The summed E-state index contributed by atoms with van der Waals surface area (Å²) in [5, 5.41) is 0. The van der Waals surface area contributed by atoms with Crippen molar-refractivity contribution in [3.8, 4) is 5.75 Å². The van der Waals surface area contributed by atoms with Crippen LogP contribution >= 0.6 is 0 Å². The molecule has 2 aromatic rings. The van der Waals surface area contributed by atoms with Crippen molar-refractivity contribution in [2.75, 3.05) is 13.1 Å². The highest BCUT2D eigenvalue weighted by atomic mass is 19.1. The number of carbonyl (C=O) groups is 2. The Bertz CT molecular complexity index is 821. The highest BCUT2D eigenvalue weighted by molar-refractivity contribution is 5.77. The molecule has 2 heterocycles. The highest BCUT2D eigenvalue weighted by Crippen LogP contribution is 2.26. The van der Waals surface area contributed by atoms with Gasteiger partial charge in [-0.15, -0.1) is 0 Å². The molecule has 1 saturated heterocycles. The van der Waals surface area contributed by atoms with Crippen molar-refractivity contribution in [2.45, 2.75) is 38.8 Å². The first-order chi connectivity index (χ1) is 13.5. The van der Waals surface area contributed by atoms with E-state index in [0.29, 0.717) is 25.3 Å². The van der Waals surface area contributed by atoms with Gasteiger partial charge in [-0.2, -0.15) is 0 Å². The smallest absolute Gasteiger partial charge is 0.242 e. The molecule has 7 nitrogen and oxygen atoms in total. The quantitative estimate of drug-likeness (QED) is 0.782. The maximum Gasteiger partial charge on any atom is 0.242 e. The van der Waals surface area contributed by atoms with Crippen LogP contribution in [0.2, 0.25) is 0 Å². The summed E-state index contributed by atoms with van der Waals surface area (Å²) in [4.78, 5) is 30.3. The number of nitrogens with two attached hydrogens (primary N) is 1. The van der Waals surface area contributed by atoms with Crippen LogP contribution in [0, 0.1) is 11.7 Å². The minimum atomic E-state index is -0.435. The molecule has 0 spiro atoms. The average Bonchev–Trinajstić information content (AvgIpc) is 3.11. The van der Waals surface area contributed by atoms with E-state index in [9.17, 15) is 14.0 Å². The molecule has 2 amide bonds. The number of ether oxygens (including phenoxy) is 1. The summed E-state index contributed by atoms with van der Waals surface area (Å²) in [7, 11) is 0. The maximum atomic E-state index is 13.1. The molecule has 1 aromatic carbocycles. The second-order valence-corrected chi connectivity index (χ2v) is 6.99. The fourth-order valence-corrected chi connectivity index (χ4v) is 3.58. The summed E-state index contributed by atoms with van der Waals surface area (Å²) >= 11 is 0. The molecular formula is C20H25FN4O3. The zero-order valence-electron chi connectivity index (χ0n) is 15.9. The van der Waals surface area contributed by atoms with Crippen molar-refractivity contribution in [1.29, 1.82) is 0 Å². The molecule has 150 valence electrons. The third-order valence-electron chi connectivity index (χ3n) is 5.00. The van der Waals surface area contributed by atoms with Crippen LogP contribution in [0.4, 0.5) is 4.39 Å². The summed E-state index contributed by atoms with van der Waals surface area (Å²) < 4.78 is 20.9. The first kappa shape index (κ1) is 19.9. The van der Waals surface area contributed by atoms with E-state index in [2.05, 4.69) is 4.98 Å². The molecule has 28 heavy (non-hydrogen) atoms. The third kappa shape index (κ3) is 4.88. The van der Waals surface area contributed by atoms with E-state index >= 15 is 0 Å². The van der Waals surface area contributed by atoms with Gasteiger partial charge < -0.3 is 19.9 Å². The standard InChI is InChI=1S/C20H25FN4O3/c1-2-19-23-8-10-24(19)13-20(27)25-9-7-17(14(12-25)11-18(22)26)28-16-5-3-15(21)4-6-16/h3-6,8,10,14,17H,2,7,9,11-13H2,1H3,(H2,22,26)/t14-,17-/m0/s1. The number of piperidine rings is 1. The Hall–Kier alpha value is -2.90. The number of hydrogen-bond donors (Lipinski definition) is 1. The minimum absolute atomic E-state index is 0.0256. The normalized spacial score (nSPS) is 19.4. The fraction of sp³-hybridized carbons (Fsp3) is 0.450. The van der Waals surface area contributed by atoms with Gasteiger partial charge in [0.05, 0.1) is 0 Å². The summed E-state index contributed by atoms with van der Waals surface area (Å²) in [6.07, 6.45) is 4.67. The minimum Gasteiger partial charge on any atom is -0.490 e. The molecule has 2 atom stereocenters. The number of aryl methyl sites for hydroxylation is 1. The molecule has 0 saturated carbocycles. The van der Waals surface area contributed by atoms with Gasteiger partial charge in [0, 0.05) is 50.7 Å².